The first-order chi connectivity index (χ1) is 6.56. The van der Waals surface area contributed by atoms with Crippen molar-refractivity contribution in [1.82, 2.24) is 10.0 Å². The predicted molar refractivity (Wildman–Crippen MR) is 54.7 cm³/mol. The Labute approximate surface area is 85.3 Å². The van der Waals surface area contributed by atoms with Crippen LogP contribution in [0.25, 0.3) is 0 Å². The van der Waals surface area contributed by atoms with Gasteiger partial charge in [0.05, 0.1) is 11.9 Å². The van der Waals surface area contributed by atoms with Gasteiger partial charge in [0.2, 0.25) is 10.0 Å². The Hall–Kier alpha value is -0.170. The molecule has 2 N–H and O–H groups in total. The third kappa shape index (κ3) is 3.20. The minimum atomic E-state index is -3.17. The van der Waals surface area contributed by atoms with Crippen LogP contribution in [-0.4, -0.2) is 46.5 Å². The largest absolute Gasteiger partial charge is 0.383 e. The van der Waals surface area contributed by atoms with Gasteiger partial charge in [0, 0.05) is 19.7 Å². The first-order valence-electron chi connectivity index (χ1n) is 4.77. The lowest BCUT2D eigenvalue weighted by molar-refractivity contribution is 0.180. The van der Waals surface area contributed by atoms with Gasteiger partial charge in [-0.3, -0.25) is 0 Å². The summed E-state index contributed by atoms with van der Waals surface area (Å²) < 4.78 is 30.9. The van der Waals surface area contributed by atoms with Crippen molar-refractivity contribution in [2.45, 2.75) is 24.6 Å². The van der Waals surface area contributed by atoms with Crippen molar-refractivity contribution in [2.24, 2.45) is 0 Å². The van der Waals surface area contributed by atoms with Crippen molar-refractivity contribution in [3.05, 3.63) is 0 Å². The van der Waals surface area contributed by atoms with Crippen LogP contribution in [0, 0.1) is 0 Å². The summed E-state index contributed by atoms with van der Waals surface area (Å²) in [4.78, 5) is 0. The van der Waals surface area contributed by atoms with Gasteiger partial charge in [-0.15, -0.1) is 0 Å². The fraction of sp³-hybridized carbons (Fsp3) is 1.00. The molecule has 1 aliphatic rings. The zero-order valence-corrected chi connectivity index (χ0v) is 9.43. The van der Waals surface area contributed by atoms with E-state index in [1.165, 1.54) is 0 Å². The molecule has 1 rings (SSSR count). The van der Waals surface area contributed by atoms with Crippen molar-refractivity contribution in [1.29, 1.82) is 0 Å². The van der Waals surface area contributed by atoms with Crippen molar-refractivity contribution < 1.29 is 13.2 Å². The van der Waals surface area contributed by atoms with Gasteiger partial charge in [0.25, 0.3) is 0 Å². The number of nitrogens with one attached hydrogen (secondary N) is 2. The molecule has 0 amide bonds. The number of hydrogen-bond donors (Lipinski definition) is 2. The SMILES string of the molecule is COCC(C)NS(=O)(=O)C1CCNC1. The lowest BCUT2D eigenvalue weighted by atomic mass is 10.4. The Morgan fingerprint density at radius 1 is 1.64 bits per heavy atom. The van der Waals surface area contributed by atoms with Gasteiger partial charge >= 0.3 is 0 Å². The molecule has 5 nitrogen and oxygen atoms in total. The van der Waals surface area contributed by atoms with Crippen LogP contribution < -0.4 is 10.0 Å². The minimum Gasteiger partial charge on any atom is -0.383 e. The van der Waals surface area contributed by atoms with Crippen LogP contribution in [0.5, 0.6) is 0 Å². The first kappa shape index (κ1) is 11.9. The van der Waals surface area contributed by atoms with Gasteiger partial charge in [0.1, 0.15) is 0 Å². The standard InChI is InChI=1S/C8H18N2O3S/c1-7(6-13-2)10-14(11,12)8-3-4-9-5-8/h7-10H,3-6H2,1-2H3. The molecule has 2 atom stereocenters. The summed E-state index contributed by atoms with van der Waals surface area (Å²) in [7, 11) is -1.62. The molecule has 1 heterocycles. The number of hydrogen-bond acceptors (Lipinski definition) is 4. The maximum absolute atomic E-state index is 11.7. The summed E-state index contributed by atoms with van der Waals surface area (Å²) in [6.07, 6.45) is 0.690. The number of rotatable bonds is 5. The van der Waals surface area contributed by atoms with Crippen LogP contribution in [-0.2, 0) is 14.8 Å². The molecular formula is C8H18N2O3S. The fourth-order valence-corrected chi connectivity index (χ4v) is 3.14. The molecule has 0 radical (unpaired) electrons. The smallest absolute Gasteiger partial charge is 0.216 e. The molecule has 0 bridgehead atoms. The van der Waals surface area contributed by atoms with Gasteiger partial charge in [-0.1, -0.05) is 0 Å². The average molecular weight is 222 g/mol. The molecule has 0 spiro atoms. The Bertz CT molecular complexity index is 260. The second-order valence-corrected chi connectivity index (χ2v) is 5.63. The average Bonchev–Trinajstić information content (AvgIpc) is 2.54. The second-order valence-electron chi connectivity index (χ2n) is 3.63. The first-order valence-corrected chi connectivity index (χ1v) is 6.31. The lowest BCUT2D eigenvalue weighted by Gasteiger charge is -2.16. The zero-order valence-electron chi connectivity index (χ0n) is 8.62. The zero-order chi connectivity index (χ0) is 10.6. The van der Waals surface area contributed by atoms with E-state index in [9.17, 15) is 8.42 Å². The summed E-state index contributed by atoms with van der Waals surface area (Å²) in [5.41, 5.74) is 0. The summed E-state index contributed by atoms with van der Waals surface area (Å²) in [6, 6.07) is -0.161. The molecule has 84 valence electrons. The highest BCUT2D eigenvalue weighted by Crippen LogP contribution is 2.08. The van der Waals surface area contributed by atoms with E-state index in [-0.39, 0.29) is 11.3 Å². The number of sulfonamides is 1. The molecular weight excluding hydrogens is 204 g/mol. The second kappa shape index (κ2) is 5.06. The van der Waals surface area contributed by atoms with Crippen LogP contribution in [0.2, 0.25) is 0 Å². The van der Waals surface area contributed by atoms with Crippen LogP contribution in [0.15, 0.2) is 0 Å². The van der Waals surface area contributed by atoms with Crippen molar-refractivity contribution in [2.75, 3.05) is 26.8 Å². The van der Waals surface area contributed by atoms with E-state index >= 15 is 0 Å². The summed E-state index contributed by atoms with van der Waals surface area (Å²) in [5, 5.41) is 2.74. The van der Waals surface area contributed by atoms with Crippen molar-refractivity contribution >= 4 is 10.0 Å². The molecule has 6 heteroatoms. The van der Waals surface area contributed by atoms with E-state index in [1.807, 2.05) is 0 Å². The Morgan fingerprint density at radius 2 is 2.36 bits per heavy atom. The van der Waals surface area contributed by atoms with E-state index in [0.29, 0.717) is 19.6 Å². The molecule has 1 aliphatic heterocycles. The fourth-order valence-electron chi connectivity index (χ4n) is 1.55. The normalized spacial score (nSPS) is 25.1. The molecule has 0 aromatic rings. The van der Waals surface area contributed by atoms with Gasteiger partial charge < -0.3 is 10.1 Å². The number of ether oxygens (including phenoxy) is 1. The predicted octanol–water partition coefficient (Wildman–Crippen LogP) is -0.697. The van der Waals surface area contributed by atoms with Crippen LogP contribution >= 0.6 is 0 Å². The van der Waals surface area contributed by atoms with Crippen LogP contribution in [0.1, 0.15) is 13.3 Å². The highest BCUT2D eigenvalue weighted by atomic mass is 32.2. The Balaban J connectivity index is 2.48. The van der Waals surface area contributed by atoms with E-state index < -0.39 is 10.0 Å². The third-order valence-corrected chi connectivity index (χ3v) is 4.25. The topological polar surface area (TPSA) is 67.4 Å². The van der Waals surface area contributed by atoms with Gasteiger partial charge in [-0.05, 0) is 19.9 Å². The maximum Gasteiger partial charge on any atom is 0.216 e. The molecule has 0 aliphatic carbocycles. The molecule has 2 unspecified atom stereocenters. The molecule has 1 fully saturated rings. The summed E-state index contributed by atoms with van der Waals surface area (Å²) in [6.45, 7) is 3.53. The highest BCUT2D eigenvalue weighted by Gasteiger charge is 2.29. The molecule has 0 saturated carbocycles. The quantitative estimate of drug-likeness (QED) is 0.645. The Morgan fingerprint density at radius 3 is 2.86 bits per heavy atom. The maximum atomic E-state index is 11.7. The van der Waals surface area contributed by atoms with E-state index in [0.717, 1.165) is 6.54 Å². The van der Waals surface area contributed by atoms with E-state index in [2.05, 4.69) is 10.0 Å². The molecule has 14 heavy (non-hydrogen) atoms. The molecule has 1 saturated heterocycles. The lowest BCUT2D eigenvalue weighted by Crippen LogP contribution is -2.42. The van der Waals surface area contributed by atoms with Crippen molar-refractivity contribution in [3.8, 4) is 0 Å². The minimum absolute atomic E-state index is 0.161. The summed E-state index contributed by atoms with van der Waals surface area (Å²) in [5.74, 6) is 0. The van der Waals surface area contributed by atoms with E-state index in [1.54, 1.807) is 14.0 Å². The monoisotopic (exact) mass is 222 g/mol. The Kier molecular flexibility index (Phi) is 4.31. The summed E-state index contributed by atoms with van der Waals surface area (Å²) >= 11 is 0. The molecule has 0 aromatic heterocycles. The number of methoxy groups -OCH3 is 1. The van der Waals surface area contributed by atoms with Crippen LogP contribution in [0.4, 0.5) is 0 Å². The van der Waals surface area contributed by atoms with Crippen LogP contribution in [0.3, 0.4) is 0 Å². The van der Waals surface area contributed by atoms with Gasteiger partial charge in [-0.25, -0.2) is 13.1 Å². The van der Waals surface area contributed by atoms with Gasteiger partial charge in [0.15, 0.2) is 0 Å². The molecule has 0 aromatic carbocycles. The highest BCUT2D eigenvalue weighted by molar-refractivity contribution is 7.90. The van der Waals surface area contributed by atoms with Crippen molar-refractivity contribution in [3.63, 3.8) is 0 Å². The third-order valence-electron chi connectivity index (χ3n) is 2.24. The van der Waals surface area contributed by atoms with E-state index in [4.69, 9.17) is 4.74 Å². The van der Waals surface area contributed by atoms with Gasteiger partial charge in [-0.2, -0.15) is 0 Å².